The summed E-state index contributed by atoms with van der Waals surface area (Å²) in [6.45, 7) is 0.254. The van der Waals surface area contributed by atoms with Crippen LogP contribution in [-0.4, -0.2) is 29.0 Å². The molecule has 0 radical (unpaired) electrons. The molecule has 0 aliphatic carbocycles. The van der Waals surface area contributed by atoms with E-state index < -0.39 is 5.97 Å². The molecule has 0 saturated carbocycles. The lowest BCUT2D eigenvalue weighted by Crippen LogP contribution is -2.25. The van der Waals surface area contributed by atoms with Crippen LogP contribution in [0.25, 0.3) is 0 Å². The molecule has 2 rings (SSSR count). The second-order valence-corrected chi connectivity index (χ2v) is 4.34. The molecule has 0 fully saturated rings. The molecule has 1 N–H and O–H groups in total. The molecule has 0 aliphatic heterocycles. The Hall–Kier alpha value is -2.76. The van der Waals surface area contributed by atoms with Crippen LogP contribution in [0.1, 0.15) is 21.6 Å². The van der Waals surface area contributed by atoms with E-state index >= 15 is 0 Å². The highest BCUT2D eigenvalue weighted by Crippen LogP contribution is 2.04. The van der Waals surface area contributed by atoms with Crippen LogP contribution >= 0.6 is 0 Å². The number of hydrogen-bond acceptors (Lipinski definition) is 5. The number of carbonyl (C=O) groups excluding carboxylic acids is 2. The minimum absolute atomic E-state index is 0.131. The van der Waals surface area contributed by atoms with E-state index in [1.54, 1.807) is 30.6 Å². The SMILES string of the molecule is COC(=O)c1ccnc(CNC(=O)Cc2cccnc2)c1. The smallest absolute Gasteiger partial charge is 0.337 e. The molecule has 6 nitrogen and oxygen atoms in total. The molecule has 0 aliphatic rings. The predicted molar refractivity (Wildman–Crippen MR) is 75.4 cm³/mol. The molecular weight excluding hydrogens is 270 g/mol. The Kier molecular flexibility index (Phi) is 4.98. The van der Waals surface area contributed by atoms with Gasteiger partial charge in [-0.25, -0.2) is 4.79 Å². The molecule has 0 spiro atoms. The van der Waals surface area contributed by atoms with Crippen molar-refractivity contribution in [2.45, 2.75) is 13.0 Å². The average Bonchev–Trinajstić information content (AvgIpc) is 2.53. The Labute approximate surface area is 122 Å². The topological polar surface area (TPSA) is 81.2 Å². The summed E-state index contributed by atoms with van der Waals surface area (Å²) in [5.74, 6) is -0.561. The monoisotopic (exact) mass is 285 g/mol. The van der Waals surface area contributed by atoms with Crippen molar-refractivity contribution >= 4 is 11.9 Å². The second kappa shape index (κ2) is 7.14. The van der Waals surface area contributed by atoms with Crippen molar-refractivity contribution in [2.24, 2.45) is 0 Å². The van der Waals surface area contributed by atoms with Gasteiger partial charge in [0.1, 0.15) is 0 Å². The molecule has 2 aromatic rings. The number of methoxy groups -OCH3 is 1. The summed E-state index contributed by atoms with van der Waals surface area (Å²) in [7, 11) is 1.32. The van der Waals surface area contributed by atoms with Gasteiger partial charge < -0.3 is 10.1 Å². The summed E-state index contributed by atoms with van der Waals surface area (Å²) < 4.78 is 4.63. The number of aromatic nitrogens is 2. The Morgan fingerprint density at radius 1 is 1.29 bits per heavy atom. The van der Waals surface area contributed by atoms with Gasteiger partial charge in [0.05, 0.1) is 31.3 Å². The third kappa shape index (κ3) is 4.38. The van der Waals surface area contributed by atoms with Gasteiger partial charge in [-0.2, -0.15) is 0 Å². The van der Waals surface area contributed by atoms with Crippen molar-refractivity contribution in [1.29, 1.82) is 0 Å². The molecule has 108 valence electrons. The van der Waals surface area contributed by atoms with Crippen LogP contribution in [0.5, 0.6) is 0 Å². The summed E-state index contributed by atoms with van der Waals surface area (Å²) in [5.41, 5.74) is 1.84. The molecule has 0 unspecified atom stereocenters. The summed E-state index contributed by atoms with van der Waals surface area (Å²) in [6, 6.07) is 6.77. The van der Waals surface area contributed by atoms with Crippen LogP contribution in [0.4, 0.5) is 0 Å². The molecule has 0 atom stereocenters. The molecule has 0 aromatic carbocycles. The van der Waals surface area contributed by atoms with Gasteiger partial charge in [0.2, 0.25) is 5.91 Å². The van der Waals surface area contributed by atoms with Gasteiger partial charge in [-0.15, -0.1) is 0 Å². The minimum Gasteiger partial charge on any atom is -0.465 e. The molecule has 2 heterocycles. The van der Waals surface area contributed by atoms with Crippen molar-refractivity contribution in [3.8, 4) is 0 Å². The minimum atomic E-state index is -0.430. The molecule has 6 heteroatoms. The summed E-state index contributed by atoms with van der Waals surface area (Å²) in [6.07, 6.45) is 5.07. The van der Waals surface area contributed by atoms with Crippen molar-refractivity contribution in [2.75, 3.05) is 7.11 Å². The van der Waals surface area contributed by atoms with Crippen LogP contribution in [0.2, 0.25) is 0 Å². The van der Waals surface area contributed by atoms with Gasteiger partial charge in [0.15, 0.2) is 0 Å². The largest absolute Gasteiger partial charge is 0.465 e. The first kappa shape index (κ1) is 14.6. The van der Waals surface area contributed by atoms with E-state index in [1.807, 2.05) is 6.07 Å². The van der Waals surface area contributed by atoms with Crippen LogP contribution in [0.15, 0.2) is 42.9 Å². The van der Waals surface area contributed by atoms with E-state index in [0.717, 1.165) is 5.56 Å². The summed E-state index contributed by atoms with van der Waals surface area (Å²) in [4.78, 5) is 31.3. The van der Waals surface area contributed by atoms with Crippen LogP contribution in [0.3, 0.4) is 0 Å². The number of pyridine rings is 2. The number of esters is 1. The van der Waals surface area contributed by atoms with Crippen LogP contribution in [-0.2, 0) is 22.5 Å². The molecule has 1 amide bonds. The molecular formula is C15H15N3O3. The fourth-order valence-electron chi connectivity index (χ4n) is 1.76. The highest BCUT2D eigenvalue weighted by atomic mass is 16.5. The maximum absolute atomic E-state index is 11.8. The van der Waals surface area contributed by atoms with Crippen molar-refractivity contribution in [3.63, 3.8) is 0 Å². The number of rotatable bonds is 5. The molecule has 2 aromatic heterocycles. The zero-order valence-electron chi connectivity index (χ0n) is 11.6. The van der Waals surface area contributed by atoms with E-state index in [-0.39, 0.29) is 18.9 Å². The summed E-state index contributed by atoms with van der Waals surface area (Å²) in [5, 5.41) is 2.75. The maximum Gasteiger partial charge on any atom is 0.337 e. The van der Waals surface area contributed by atoms with Gasteiger partial charge in [0.25, 0.3) is 0 Å². The van der Waals surface area contributed by atoms with E-state index in [9.17, 15) is 9.59 Å². The fourth-order valence-corrected chi connectivity index (χ4v) is 1.76. The molecule has 0 bridgehead atoms. The third-order valence-electron chi connectivity index (χ3n) is 2.79. The van der Waals surface area contributed by atoms with Gasteiger partial charge in [0, 0.05) is 18.6 Å². The van der Waals surface area contributed by atoms with Crippen LogP contribution in [0, 0.1) is 0 Å². The van der Waals surface area contributed by atoms with Crippen molar-refractivity contribution in [3.05, 3.63) is 59.7 Å². The van der Waals surface area contributed by atoms with Crippen molar-refractivity contribution in [1.82, 2.24) is 15.3 Å². The predicted octanol–water partition coefficient (Wildman–Crippen LogP) is 1.12. The fraction of sp³-hybridized carbons (Fsp3) is 0.200. The maximum atomic E-state index is 11.8. The Morgan fingerprint density at radius 3 is 2.86 bits per heavy atom. The standard InChI is InChI=1S/C15H15N3O3/c1-21-15(20)12-4-6-17-13(8-12)10-18-14(19)7-11-3-2-5-16-9-11/h2-6,8-9H,7,10H2,1H3,(H,18,19). The highest BCUT2D eigenvalue weighted by molar-refractivity contribution is 5.89. The zero-order valence-corrected chi connectivity index (χ0v) is 11.6. The highest BCUT2D eigenvalue weighted by Gasteiger charge is 2.08. The number of ether oxygens (including phenoxy) is 1. The first-order valence-electron chi connectivity index (χ1n) is 6.38. The number of nitrogens with zero attached hydrogens (tertiary/aromatic N) is 2. The van der Waals surface area contributed by atoms with Gasteiger partial charge >= 0.3 is 5.97 Å². The molecule has 0 saturated heterocycles. The lowest BCUT2D eigenvalue weighted by atomic mass is 10.2. The van der Waals surface area contributed by atoms with Gasteiger partial charge in [-0.3, -0.25) is 14.8 Å². The number of nitrogens with one attached hydrogen (secondary N) is 1. The van der Waals surface area contributed by atoms with E-state index in [1.165, 1.54) is 13.3 Å². The van der Waals surface area contributed by atoms with E-state index in [2.05, 4.69) is 20.0 Å². The number of hydrogen-bond donors (Lipinski definition) is 1. The average molecular weight is 285 g/mol. The third-order valence-corrected chi connectivity index (χ3v) is 2.79. The quantitative estimate of drug-likeness (QED) is 0.833. The number of amides is 1. The second-order valence-electron chi connectivity index (χ2n) is 4.34. The van der Waals surface area contributed by atoms with E-state index in [4.69, 9.17) is 0 Å². The first-order chi connectivity index (χ1) is 10.2. The number of carbonyl (C=O) groups is 2. The lowest BCUT2D eigenvalue weighted by Gasteiger charge is -2.06. The normalized spacial score (nSPS) is 9.95. The van der Waals surface area contributed by atoms with Crippen molar-refractivity contribution < 1.29 is 14.3 Å². The lowest BCUT2D eigenvalue weighted by molar-refractivity contribution is -0.120. The molecule has 21 heavy (non-hydrogen) atoms. The summed E-state index contributed by atoms with van der Waals surface area (Å²) >= 11 is 0. The Bertz CT molecular complexity index is 629. The van der Waals surface area contributed by atoms with Gasteiger partial charge in [-0.1, -0.05) is 6.07 Å². The Morgan fingerprint density at radius 2 is 2.14 bits per heavy atom. The van der Waals surface area contributed by atoms with Gasteiger partial charge in [-0.05, 0) is 23.8 Å². The Balaban J connectivity index is 1.91. The van der Waals surface area contributed by atoms with Crippen LogP contribution < -0.4 is 5.32 Å². The zero-order chi connectivity index (χ0) is 15.1. The first-order valence-corrected chi connectivity index (χ1v) is 6.38. The van der Waals surface area contributed by atoms with E-state index in [0.29, 0.717) is 11.3 Å².